The number of pyridine rings is 1. The summed E-state index contributed by atoms with van der Waals surface area (Å²) in [5.74, 6) is 0.851. The topological polar surface area (TPSA) is 22.1 Å². The van der Waals surface area contributed by atoms with Crippen LogP contribution in [0.25, 0.3) is 10.9 Å². The van der Waals surface area contributed by atoms with Crippen molar-refractivity contribution in [1.82, 2.24) is 4.98 Å². The Labute approximate surface area is 93.8 Å². The Morgan fingerprint density at radius 1 is 1.33 bits per heavy atom. The summed E-state index contributed by atoms with van der Waals surface area (Å²) in [6.45, 7) is 2.79. The van der Waals surface area contributed by atoms with E-state index in [4.69, 9.17) is 16.3 Å². The van der Waals surface area contributed by atoms with Gasteiger partial charge in [0.1, 0.15) is 5.75 Å². The van der Waals surface area contributed by atoms with Crippen molar-refractivity contribution in [2.45, 2.75) is 13.3 Å². The molecule has 3 heteroatoms. The molecule has 15 heavy (non-hydrogen) atoms. The molecule has 0 aliphatic rings. The molecule has 0 atom stereocenters. The van der Waals surface area contributed by atoms with Crippen LogP contribution in [-0.4, -0.2) is 11.6 Å². The lowest BCUT2D eigenvalue weighted by Gasteiger charge is -2.07. The van der Waals surface area contributed by atoms with Gasteiger partial charge < -0.3 is 4.74 Å². The molecule has 78 valence electrons. The molecule has 0 N–H and O–H groups in total. The van der Waals surface area contributed by atoms with Crippen molar-refractivity contribution >= 4 is 22.5 Å². The van der Waals surface area contributed by atoms with Gasteiger partial charge in [0.05, 0.1) is 12.1 Å². The van der Waals surface area contributed by atoms with Crippen LogP contribution in [0.2, 0.25) is 5.02 Å². The molecule has 0 aliphatic carbocycles. The average Bonchev–Trinajstić information content (AvgIpc) is 2.26. The zero-order valence-electron chi connectivity index (χ0n) is 8.53. The molecule has 1 heterocycles. The smallest absolute Gasteiger partial charge is 0.130 e. The van der Waals surface area contributed by atoms with Gasteiger partial charge in [-0.1, -0.05) is 18.5 Å². The summed E-state index contributed by atoms with van der Waals surface area (Å²) in [4.78, 5) is 4.25. The molecule has 1 aromatic carbocycles. The molecule has 0 fully saturated rings. The lowest BCUT2D eigenvalue weighted by Crippen LogP contribution is -1.96. The van der Waals surface area contributed by atoms with Crippen LogP contribution in [0.4, 0.5) is 0 Å². The Balaban J connectivity index is 2.48. The minimum atomic E-state index is 0.705. The zero-order chi connectivity index (χ0) is 10.7. The number of rotatable bonds is 3. The predicted molar refractivity (Wildman–Crippen MR) is 62.5 cm³/mol. The second-order valence-corrected chi connectivity index (χ2v) is 3.76. The van der Waals surface area contributed by atoms with Crippen molar-refractivity contribution < 1.29 is 4.74 Å². The Hall–Kier alpha value is -1.28. The highest BCUT2D eigenvalue weighted by molar-refractivity contribution is 6.31. The largest absolute Gasteiger partial charge is 0.493 e. The third kappa shape index (κ3) is 2.21. The van der Waals surface area contributed by atoms with Gasteiger partial charge in [-0.15, -0.1) is 0 Å². The number of hydrogen-bond donors (Lipinski definition) is 0. The van der Waals surface area contributed by atoms with Crippen LogP contribution in [0.1, 0.15) is 13.3 Å². The molecule has 2 aromatic rings. The molecular formula is C12H12ClNO. The third-order valence-electron chi connectivity index (χ3n) is 2.13. The van der Waals surface area contributed by atoms with Crippen molar-refractivity contribution in [2.24, 2.45) is 0 Å². The predicted octanol–water partition coefficient (Wildman–Crippen LogP) is 3.68. The maximum Gasteiger partial charge on any atom is 0.130 e. The number of benzene rings is 1. The van der Waals surface area contributed by atoms with E-state index in [1.54, 1.807) is 6.20 Å². The third-order valence-corrected chi connectivity index (χ3v) is 2.36. The van der Waals surface area contributed by atoms with E-state index in [2.05, 4.69) is 11.9 Å². The minimum absolute atomic E-state index is 0.705. The summed E-state index contributed by atoms with van der Waals surface area (Å²) in [5.41, 5.74) is 0.910. The van der Waals surface area contributed by atoms with E-state index < -0.39 is 0 Å². The van der Waals surface area contributed by atoms with Gasteiger partial charge in [0, 0.05) is 16.6 Å². The Morgan fingerprint density at radius 2 is 2.20 bits per heavy atom. The van der Waals surface area contributed by atoms with Gasteiger partial charge in [0.15, 0.2) is 0 Å². The highest BCUT2D eigenvalue weighted by Gasteiger charge is 2.02. The van der Waals surface area contributed by atoms with Crippen LogP contribution in [-0.2, 0) is 0 Å². The quantitative estimate of drug-likeness (QED) is 0.789. The fraction of sp³-hybridized carbons (Fsp3) is 0.250. The maximum atomic E-state index is 5.94. The SMILES string of the molecule is CCCOc1ccnc2ccc(Cl)cc12. The number of aromatic nitrogens is 1. The molecule has 0 spiro atoms. The van der Waals surface area contributed by atoms with Crippen LogP contribution >= 0.6 is 11.6 Å². The monoisotopic (exact) mass is 221 g/mol. The summed E-state index contributed by atoms with van der Waals surface area (Å²) in [5, 5.41) is 1.68. The van der Waals surface area contributed by atoms with Crippen LogP contribution < -0.4 is 4.74 Å². The number of ether oxygens (including phenoxy) is 1. The Kier molecular flexibility index (Phi) is 3.07. The number of fused-ring (bicyclic) bond motifs is 1. The van der Waals surface area contributed by atoms with E-state index >= 15 is 0 Å². The van der Waals surface area contributed by atoms with Gasteiger partial charge in [-0.05, 0) is 30.7 Å². The first-order chi connectivity index (χ1) is 7.31. The van der Waals surface area contributed by atoms with Gasteiger partial charge >= 0.3 is 0 Å². The van der Waals surface area contributed by atoms with Crippen molar-refractivity contribution in [3.05, 3.63) is 35.5 Å². The van der Waals surface area contributed by atoms with E-state index in [-0.39, 0.29) is 0 Å². The molecule has 0 bridgehead atoms. The van der Waals surface area contributed by atoms with E-state index in [0.717, 1.165) is 23.1 Å². The number of halogens is 1. The van der Waals surface area contributed by atoms with Crippen molar-refractivity contribution in [2.75, 3.05) is 6.61 Å². The number of nitrogens with zero attached hydrogens (tertiary/aromatic N) is 1. The lowest BCUT2D eigenvalue weighted by atomic mass is 10.2. The maximum absolute atomic E-state index is 5.94. The first-order valence-electron chi connectivity index (χ1n) is 4.98. The molecular weight excluding hydrogens is 210 g/mol. The van der Waals surface area contributed by atoms with Gasteiger partial charge in [-0.3, -0.25) is 4.98 Å². The minimum Gasteiger partial charge on any atom is -0.493 e. The van der Waals surface area contributed by atoms with Crippen molar-refractivity contribution in [3.63, 3.8) is 0 Å². The van der Waals surface area contributed by atoms with Crippen LogP contribution in [0.3, 0.4) is 0 Å². The van der Waals surface area contributed by atoms with E-state index in [1.807, 2.05) is 24.3 Å². The molecule has 1 aromatic heterocycles. The normalized spacial score (nSPS) is 10.5. The molecule has 2 rings (SSSR count). The standard InChI is InChI=1S/C12H12ClNO/c1-2-7-15-12-5-6-14-11-4-3-9(13)8-10(11)12/h3-6,8H,2,7H2,1H3. The zero-order valence-corrected chi connectivity index (χ0v) is 9.29. The molecule has 2 nitrogen and oxygen atoms in total. The van der Waals surface area contributed by atoms with Crippen LogP contribution in [0, 0.1) is 0 Å². The average molecular weight is 222 g/mol. The van der Waals surface area contributed by atoms with Gasteiger partial charge in [0.25, 0.3) is 0 Å². The fourth-order valence-electron chi connectivity index (χ4n) is 1.43. The highest BCUT2D eigenvalue weighted by atomic mass is 35.5. The van der Waals surface area contributed by atoms with Gasteiger partial charge in [0.2, 0.25) is 0 Å². The molecule has 0 radical (unpaired) electrons. The van der Waals surface area contributed by atoms with Crippen molar-refractivity contribution in [1.29, 1.82) is 0 Å². The lowest BCUT2D eigenvalue weighted by molar-refractivity contribution is 0.321. The van der Waals surface area contributed by atoms with Gasteiger partial charge in [-0.2, -0.15) is 0 Å². The summed E-state index contributed by atoms with van der Waals surface area (Å²) < 4.78 is 5.62. The summed E-state index contributed by atoms with van der Waals surface area (Å²) in [6.07, 6.45) is 2.74. The first-order valence-corrected chi connectivity index (χ1v) is 5.36. The van der Waals surface area contributed by atoms with E-state index in [9.17, 15) is 0 Å². The molecule has 0 aliphatic heterocycles. The number of hydrogen-bond acceptors (Lipinski definition) is 2. The molecule has 0 saturated heterocycles. The molecule has 0 unspecified atom stereocenters. The Bertz CT molecular complexity index is 470. The van der Waals surface area contributed by atoms with E-state index in [0.29, 0.717) is 11.6 Å². The van der Waals surface area contributed by atoms with Crippen LogP contribution in [0.15, 0.2) is 30.5 Å². The van der Waals surface area contributed by atoms with E-state index in [1.165, 1.54) is 0 Å². The first kappa shape index (κ1) is 10.2. The molecule has 0 saturated carbocycles. The second kappa shape index (κ2) is 4.49. The van der Waals surface area contributed by atoms with Crippen LogP contribution in [0.5, 0.6) is 5.75 Å². The summed E-state index contributed by atoms with van der Waals surface area (Å²) >= 11 is 5.94. The fourth-order valence-corrected chi connectivity index (χ4v) is 1.60. The Morgan fingerprint density at radius 3 is 3.00 bits per heavy atom. The summed E-state index contributed by atoms with van der Waals surface area (Å²) in [6, 6.07) is 7.49. The molecule has 0 amide bonds. The van der Waals surface area contributed by atoms with Gasteiger partial charge in [-0.25, -0.2) is 0 Å². The highest BCUT2D eigenvalue weighted by Crippen LogP contribution is 2.26. The second-order valence-electron chi connectivity index (χ2n) is 3.32. The summed E-state index contributed by atoms with van der Waals surface area (Å²) in [7, 11) is 0. The van der Waals surface area contributed by atoms with Crippen molar-refractivity contribution in [3.8, 4) is 5.75 Å².